The Balaban J connectivity index is 1.90. The van der Waals surface area contributed by atoms with E-state index in [2.05, 4.69) is 36.4 Å². The van der Waals surface area contributed by atoms with Crippen molar-refractivity contribution >= 4 is 39.8 Å². The van der Waals surface area contributed by atoms with Gasteiger partial charge in [-0.1, -0.05) is 39.8 Å². The molecule has 0 radical (unpaired) electrons. The van der Waals surface area contributed by atoms with E-state index in [1.165, 1.54) is 11.8 Å². The molecule has 0 bridgehead atoms. The zero-order valence-corrected chi connectivity index (χ0v) is 15.5. The maximum Gasteiger partial charge on any atom is 0.253 e. The fraction of sp³-hybridized carbons (Fsp3) is 0.250. The Bertz CT molecular complexity index is 698. The van der Waals surface area contributed by atoms with Crippen LogP contribution in [0.25, 0.3) is 0 Å². The van der Waals surface area contributed by atoms with Gasteiger partial charge in [-0.15, -0.1) is 0 Å². The maximum atomic E-state index is 12.1. The van der Waals surface area contributed by atoms with E-state index in [0.717, 1.165) is 21.4 Å². The molecule has 1 atom stereocenters. The lowest BCUT2D eigenvalue weighted by atomic mass is 10.2. The number of nitrogens with zero attached hydrogens (tertiary/aromatic N) is 3. The fourth-order valence-corrected chi connectivity index (χ4v) is 2.90. The molecule has 2 rings (SSSR count). The molecule has 120 valence electrons. The van der Waals surface area contributed by atoms with Gasteiger partial charge in [0.2, 0.25) is 0 Å². The van der Waals surface area contributed by atoms with Gasteiger partial charge in [0, 0.05) is 15.9 Å². The van der Waals surface area contributed by atoms with Crippen molar-refractivity contribution in [2.24, 2.45) is 5.10 Å². The number of halogens is 1. The predicted octanol–water partition coefficient (Wildman–Crippen LogP) is 3.49. The van der Waals surface area contributed by atoms with Crippen molar-refractivity contribution in [2.75, 3.05) is 0 Å². The van der Waals surface area contributed by atoms with Crippen molar-refractivity contribution in [1.82, 2.24) is 15.4 Å². The van der Waals surface area contributed by atoms with Gasteiger partial charge in [0.1, 0.15) is 0 Å². The van der Waals surface area contributed by atoms with E-state index in [1.807, 2.05) is 44.2 Å². The van der Waals surface area contributed by atoms with Crippen LogP contribution in [0.4, 0.5) is 0 Å². The number of hydrogen-bond donors (Lipinski definition) is 1. The molecule has 1 aromatic carbocycles. The summed E-state index contributed by atoms with van der Waals surface area (Å²) in [6.07, 6.45) is 1.61. The van der Waals surface area contributed by atoms with Crippen LogP contribution in [-0.2, 0) is 4.79 Å². The van der Waals surface area contributed by atoms with Crippen molar-refractivity contribution in [2.45, 2.75) is 31.2 Å². The second-order valence-electron chi connectivity index (χ2n) is 4.98. The van der Waals surface area contributed by atoms with Crippen LogP contribution in [0.3, 0.4) is 0 Å². The number of aromatic nitrogens is 2. The Morgan fingerprint density at radius 2 is 1.87 bits per heavy atom. The van der Waals surface area contributed by atoms with Gasteiger partial charge in [0.25, 0.3) is 5.91 Å². The summed E-state index contributed by atoms with van der Waals surface area (Å²) in [4.78, 5) is 20.7. The third-order valence-corrected chi connectivity index (χ3v) is 4.36. The molecule has 5 nitrogen and oxygen atoms in total. The van der Waals surface area contributed by atoms with Crippen LogP contribution in [-0.4, -0.2) is 27.3 Å². The van der Waals surface area contributed by atoms with Crippen molar-refractivity contribution in [1.29, 1.82) is 0 Å². The minimum Gasteiger partial charge on any atom is -0.272 e. The first-order valence-corrected chi connectivity index (χ1v) is 8.69. The monoisotopic (exact) mass is 392 g/mol. The van der Waals surface area contributed by atoms with Gasteiger partial charge >= 0.3 is 0 Å². The lowest BCUT2D eigenvalue weighted by Gasteiger charge is -2.09. The molecule has 0 saturated carbocycles. The van der Waals surface area contributed by atoms with E-state index < -0.39 is 0 Å². The van der Waals surface area contributed by atoms with Crippen LogP contribution >= 0.6 is 27.7 Å². The summed E-state index contributed by atoms with van der Waals surface area (Å²) >= 11 is 4.68. The Morgan fingerprint density at radius 1 is 1.26 bits per heavy atom. The highest BCUT2D eigenvalue weighted by molar-refractivity contribution is 9.10. The number of hydrogen-bond acceptors (Lipinski definition) is 5. The van der Waals surface area contributed by atoms with E-state index in [0.29, 0.717) is 5.16 Å². The van der Waals surface area contributed by atoms with E-state index in [4.69, 9.17) is 0 Å². The van der Waals surface area contributed by atoms with Gasteiger partial charge in [-0.3, -0.25) is 4.79 Å². The number of aryl methyl sites for hydroxylation is 2. The topological polar surface area (TPSA) is 67.2 Å². The molecule has 0 unspecified atom stereocenters. The van der Waals surface area contributed by atoms with Gasteiger partial charge in [0.15, 0.2) is 5.16 Å². The van der Waals surface area contributed by atoms with Crippen molar-refractivity contribution in [3.05, 3.63) is 51.8 Å². The second kappa shape index (κ2) is 8.21. The molecule has 0 aliphatic rings. The molecule has 2 aromatic rings. The van der Waals surface area contributed by atoms with Gasteiger partial charge in [0.05, 0.1) is 11.5 Å². The molecule has 7 heteroatoms. The first-order chi connectivity index (χ1) is 10.9. The van der Waals surface area contributed by atoms with Crippen LogP contribution in [0.15, 0.2) is 45.1 Å². The highest BCUT2D eigenvalue weighted by Crippen LogP contribution is 2.20. The average molecular weight is 393 g/mol. The molecule has 0 fully saturated rings. The molecular weight excluding hydrogens is 376 g/mol. The summed E-state index contributed by atoms with van der Waals surface area (Å²) in [6, 6.07) is 9.54. The van der Waals surface area contributed by atoms with Crippen LogP contribution in [0.2, 0.25) is 0 Å². The summed E-state index contributed by atoms with van der Waals surface area (Å²) in [5.74, 6) is -0.189. The maximum absolute atomic E-state index is 12.1. The third-order valence-electron chi connectivity index (χ3n) is 2.87. The van der Waals surface area contributed by atoms with Crippen molar-refractivity contribution in [3.63, 3.8) is 0 Å². The van der Waals surface area contributed by atoms with Gasteiger partial charge in [-0.25, -0.2) is 15.4 Å². The predicted molar refractivity (Wildman–Crippen MR) is 96.7 cm³/mol. The zero-order chi connectivity index (χ0) is 16.8. The number of amides is 1. The zero-order valence-electron chi connectivity index (χ0n) is 13.1. The lowest BCUT2D eigenvalue weighted by Crippen LogP contribution is -2.27. The van der Waals surface area contributed by atoms with Crippen LogP contribution in [0.5, 0.6) is 0 Å². The number of carbonyl (C=O) groups is 1. The summed E-state index contributed by atoms with van der Waals surface area (Å²) in [6.45, 7) is 5.62. The van der Waals surface area contributed by atoms with E-state index in [9.17, 15) is 4.79 Å². The van der Waals surface area contributed by atoms with Gasteiger partial charge in [-0.2, -0.15) is 5.10 Å². The number of nitrogens with one attached hydrogen (secondary N) is 1. The molecule has 1 heterocycles. The molecule has 0 aliphatic heterocycles. The largest absolute Gasteiger partial charge is 0.272 e. The van der Waals surface area contributed by atoms with Crippen molar-refractivity contribution < 1.29 is 4.79 Å². The van der Waals surface area contributed by atoms with E-state index in [1.54, 1.807) is 13.1 Å². The van der Waals surface area contributed by atoms with Crippen LogP contribution in [0, 0.1) is 13.8 Å². The number of thioether (sulfide) groups is 1. The molecule has 23 heavy (non-hydrogen) atoms. The molecule has 1 amide bonds. The summed E-state index contributed by atoms with van der Waals surface area (Å²) in [5.41, 5.74) is 5.23. The van der Waals surface area contributed by atoms with Gasteiger partial charge < -0.3 is 0 Å². The highest BCUT2D eigenvalue weighted by Gasteiger charge is 2.15. The molecular formula is C16H17BrN4OS. The molecule has 0 saturated heterocycles. The fourth-order valence-electron chi connectivity index (χ4n) is 1.77. The standard InChI is InChI=1S/C16H17BrN4OS/c1-10-8-11(2)20-16(19-10)23-12(3)15(22)21-18-9-13-4-6-14(17)7-5-13/h4-9,12H,1-3H3,(H,21,22)/b18-9-/t12-/m1/s1. The molecule has 1 N–H and O–H groups in total. The van der Waals surface area contributed by atoms with Crippen LogP contribution < -0.4 is 5.43 Å². The molecule has 0 spiro atoms. The average Bonchev–Trinajstić information content (AvgIpc) is 2.48. The van der Waals surface area contributed by atoms with Crippen LogP contribution in [0.1, 0.15) is 23.9 Å². The second-order valence-corrected chi connectivity index (χ2v) is 7.20. The number of benzene rings is 1. The first kappa shape index (κ1) is 17.6. The normalized spacial score (nSPS) is 12.3. The quantitative estimate of drug-likeness (QED) is 0.366. The Labute approximate surface area is 148 Å². The number of rotatable bonds is 5. The third kappa shape index (κ3) is 5.76. The Kier molecular flexibility index (Phi) is 6.29. The highest BCUT2D eigenvalue weighted by atomic mass is 79.9. The van der Waals surface area contributed by atoms with E-state index >= 15 is 0 Å². The van der Waals surface area contributed by atoms with Gasteiger partial charge in [-0.05, 0) is 44.5 Å². The SMILES string of the molecule is Cc1cc(C)nc(S[C@H](C)C(=O)N/N=C\c2ccc(Br)cc2)n1. The summed E-state index contributed by atoms with van der Waals surface area (Å²) in [7, 11) is 0. The summed E-state index contributed by atoms with van der Waals surface area (Å²) < 4.78 is 0.997. The molecule has 1 aromatic heterocycles. The van der Waals surface area contributed by atoms with Crippen molar-refractivity contribution in [3.8, 4) is 0 Å². The number of hydrazone groups is 1. The minimum absolute atomic E-state index is 0.189. The summed E-state index contributed by atoms with van der Waals surface area (Å²) in [5, 5.41) is 4.24. The Hall–Kier alpha value is -1.73. The molecule has 0 aliphatic carbocycles. The Morgan fingerprint density at radius 3 is 2.48 bits per heavy atom. The lowest BCUT2D eigenvalue weighted by molar-refractivity contribution is -0.120. The van der Waals surface area contributed by atoms with E-state index in [-0.39, 0.29) is 11.2 Å². The number of carbonyl (C=O) groups excluding carboxylic acids is 1. The minimum atomic E-state index is -0.335. The smallest absolute Gasteiger partial charge is 0.253 e. The first-order valence-electron chi connectivity index (χ1n) is 7.01.